The van der Waals surface area contributed by atoms with Crippen LogP contribution in [0.5, 0.6) is 23.0 Å². The number of benzene rings is 2. The number of methoxy groups -OCH3 is 2. The van der Waals surface area contributed by atoms with Gasteiger partial charge in [0.25, 0.3) is 0 Å². The summed E-state index contributed by atoms with van der Waals surface area (Å²) in [6.45, 7) is 4.65. The molecule has 9 heteroatoms. The number of carbonyl (C=O) groups excluding carboxylic acids is 1. The standard InChI is InChI=1S/C29H34N2O6S/c1-5-37-28(34)15-16-31-23(12-8-21-10-14-25(33)27(18-21)36-4)19-22(30-29(31)38-6-2)11-7-20-9-13-24(32)26(17-20)35-3/h7-14,17-19,29,32-33H,5-6,15-16H2,1-4H3. The minimum absolute atomic E-state index is 0.0717. The summed E-state index contributed by atoms with van der Waals surface area (Å²) in [6.07, 6.45) is 9.91. The van der Waals surface area contributed by atoms with Crippen LogP contribution in [0.25, 0.3) is 12.2 Å². The maximum atomic E-state index is 12.1. The number of ether oxygens (including phenoxy) is 3. The van der Waals surface area contributed by atoms with Crippen LogP contribution in [0.2, 0.25) is 0 Å². The smallest absolute Gasteiger partial charge is 0.307 e. The van der Waals surface area contributed by atoms with Gasteiger partial charge in [-0.1, -0.05) is 31.2 Å². The number of carbonyl (C=O) groups is 1. The normalized spacial score (nSPS) is 15.5. The summed E-state index contributed by atoms with van der Waals surface area (Å²) in [7, 11) is 3.02. The van der Waals surface area contributed by atoms with Crippen LogP contribution in [-0.2, 0) is 9.53 Å². The van der Waals surface area contributed by atoms with E-state index in [0.717, 1.165) is 28.3 Å². The van der Waals surface area contributed by atoms with E-state index >= 15 is 0 Å². The van der Waals surface area contributed by atoms with Crippen molar-refractivity contribution < 1.29 is 29.2 Å². The lowest BCUT2D eigenvalue weighted by Gasteiger charge is -2.34. The fourth-order valence-corrected chi connectivity index (χ4v) is 4.65. The fourth-order valence-electron chi connectivity index (χ4n) is 3.75. The Labute approximate surface area is 227 Å². The highest BCUT2D eigenvalue weighted by molar-refractivity contribution is 7.99. The number of nitrogens with zero attached hydrogens (tertiary/aromatic N) is 2. The van der Waals surface area contributed by atoms with Crippen LogP contribution in [0.1, 0.15) is 31.4 Å². The Hall–Kier alpha value is -3.85. The lowest BCUT2D eigenvalue weighted by Crippen LogP contribution is -2.36. The van der Waals surface area contributed by atoms with Crippen LogP contribution in [0.4, 0.5) is 0 Å². The van der Waals surface area contributed by atoms with Crippen molar-refractivity contribution in [2.45, 2.75) is 25.8 Å². The average Bonchev–Trinajstić information content (AvgIpc) is 2.91. The molecule has 2 aromatic carbocycles. The molecule has 0 aromatic heterocycles. The minimum atomic E-state index is -0.254. The van der Waals surface area contributed by atoms with Crippen molar-refractivity contribution in [1.29, 1.82) is 0 Å². The molecule has 1 heterocycles. The van der Waals surface area contributed by atoms with Gasteiger partial charge < -0.3 is 29.3 Å². The lowest BCUT2D eigenvalue weighted by atomic mass is 10.1. The molecule has 3 rings (SSSR count). The Bertz CT molecular complexity index is 1240. The average molecular weight is 539 g/mol. The number of aromatic hydroxyl groups is 2. The highest BCUT2D eigenvalue weighted by atomic mass is 32.2. The van der Waals surface area contributed by atoms with E-state index in [-0.39, 0.29) is 29.4 Å². The molecule has 0 aliphatic carbocycles. The zero-order chi connectivity index (χ0) is 27.5. The van der Waals surface area contributed by atoms with Crippen molar-refractivity contribution in [1.82, 2.24) is 4.90 Å². The molecular weight excluding hydrogens is 504 g/mol. The molecule has 0 saturated carbocycles. The second-order valence-corrected chi connectivity index (χ2v) is 9.51. The van der Waals surface area contributed by atoms with Gasteiger partial charge in [-0.05, 0) is 66.3 Å². The monoisotopic (exact) mass is 538 g/mol. The van der Waals surface area contributed by atoms with E-state index in [2.05, 4.69) is 11.8 Å². The Morgan fingerprint density at radius 3 is 2.13 bits per heavy atom. The van der Waals surface area contributed by atoms with E-state index in [4.69, 9.17) is 19.2 Å². The van der Waals surface area contributed by atoms with Gasteiger partial charge in [0.1, 0.15) is 0 Å². The molecule has 0 bridgehead atoms. The van der Waals surface area contributed by atoms with Gasteiger partial charge >= 0.3 is 5.97 Å². The molecule has 1 aliphatic rings. The van der Waals surface area contributed by atoms with Crippen LogP contribution in [0, 0.1) is 0 Å². The van der Waals surface area contributed by atoms with E-state index in [0.29, 0.717) is 24.7 Å². The number of hydrogen-bond acceptors (Lipinski definition) is 9. The summed E-state index contributed by atoms with van der Waals surface area (Å²) in [5.41, 5.74) is 3.11. The molecular formula is C29H34N2O6S. The number of rotatable bonds is 12. The van der Waals surface area contributed by atoms with Crippen LogP contribution in [0.3, 0.4) is 0 Å². The van der Waals surface area contributed by atoms with Gasteiger partial charge in [0.2, 0.25) is 0 Å². The van der Waals surface area contributed by atoms with Gasteiger partial charge in [-0.15, -0.1) is 11.8 Å². The van der Waals surface area contributed by atoms with Crippen molar-refractivity contribution in [3.8, 4) is 23.0 Å². The van der Waals surface area contributed by atoms with Crippen molar-refractivity contribution in [2.75, 3.05) is 33.1 Å². The Morgan fingerprint density at radius 2 is 1.58 bits per heavy atom. The molecule has 0 fully saturated rings. The van der Waals surface area contributed by atoms with E-state index in [1.54, 1.807) is 55.1 Å². The van der Waals surface area contributed by atoms with Crippen molar-refractivity contribution in [2.24, 2.45) is 4.99 Å². The van der Waals surface area contributed by atoms with Gasteiger partial charge in [0.05, 0.1) is 33.0 Å². The van der Waals surface area contributed by atoms with Gasteiger partial charge in [-0.3, -0.25) is 9.79 Å². The third-order valence-electron chi connectivity index (χ3n) is 5.63. The van der Waals surface area contributed by atoms with Crippen molar-refractivity contribution in [3.63, 3.8) is 0 Å². The number of phenolic OH excluding ortho intramolecular Hbond substituents is 2. The number of hydrogen-bond donors (Lipinski definition) is 2. The molecule has 1 atom stereocenters. The number of aliphatic imine (C=N–C) groups is 1. The molecule has 0 amide bonds. The van der Waals surface area contributed by atoms with Gasteiger partial charge in [0.15, 0.2) is 28.5 Å². The maximum Gasteiger partial charge on any atom is 0.307 e. The SMILES string of the molecule is CCOC(=O)CCN1C(C=Cc2ccc(O)c(OC)c2)=CC(C=Cc2ccc(O)c(OC)c2)=NC1SCC. The fraction of sp³-hybridized carbons (Fsp3) is 0.310. The molecule has 2 N–H and O–H groups in total. The predicted octanol–water partition coefficient (Wildman–Crippen LogP) is 5.47. The molecule has 202 valence electrons. The van der Waals surface area contributed by atoms with E-state index in [1.165, 1.54) is 14.2 Å². The largest absolute Gasteiger partial charge is 0.504 e. The quantitative estimate of drug-likeness (QED) is 0.343. The second-order valence-electron chi connectivity index (χ2n) is 8.18. The number of thioether (sulfide) groups is 1. The zero-order valence-electron chi connectivity index (χ0n) is 22.1. The summed E-state index contributed by atoms with van der Waals surface area (Å²) in [5, 5.41) is 19.8. The van der Waals surface area contributed by atoms with Gasteiger partial charge in [-0.2, -0.15) is 0 Å². The van der Waals surface area contributed by atoms with Crippen LogP contribution < -0.4 is 9.47 Å². The van der Waals surface area contributed by atoms with E-state index in [9.17, 15) is 15.0 Å². The van der Waals surface area contributed by atoms with Crippen LogP contribution in [-0.4, -0.2) is 65.4 Å². The molecule has 0 saturated heterocycles. The molecule has 38 heavy (non-hydrogen) atoms. The third-order valence-corrected chi connectivity index (χ3v) is 6.62. The van der Waals surface area contributed by atoms with E-state index in [1.807, 2.05) is 30.4 Å². The molecule has 1 aliphatic heterocycles. The second kappa shape index (κ2) is 14.2. The summed E-state index contributed by atoms with van der Waals surface area (Å²) in [4.78, 5) is 19.1. The Balaban J connectivity index is 1.95. The van der Waals surface area contributed by atoms with Crippen LogP contribution >= 0.6 is 11.8 Å². The van der Waals surface area contributed by atoms with Gasteiger partial charge in [0, 0.05) is 12.2 Å². The molecule has 8 nitrogen and oxygen atoms in total. The maximum absolute atomic E-state index is 12.1. The van der Waals surface area contributed by atoms with Crippen molar-refractivity contribution >= 4 is 35.6 Å². The molecule has 0 radical (unpaired) electrons. The van der Waals surface area contributed by atoms with Crippen molar-refractivity contribution in [3.05, 3.63) is 71.5 Å². The number of allylic oxidation sites excluding steroid dienone is 3. The molecule has 0 spiro atoms. The predicted molar refractivity (Wildman–Crippen MR) is 153 cm³/mol. The first-order chi connectivity index (χ1) is 18.4. The Morgan fingerprint density at radius 1 is 0.974 bits per heavy atom. The summed E-state index contributed by atoms with van der Waals surface area (Å²) < 4.78 is 15.6. The first kappa shape index (κ1) is 28.7. The first-order valence-electron chi connectivity index (χ1n) is 12.3. The minimum Gasteiger partial charge on any atom is -0.504 e. The summed E-state index contributed by atoms with van der Waals surface area (Å²) in [5.74, 6) is 1.51. The third kappa shape index (κ3) is 7.82. The highest BCUT2D eigenvalue weighted by Crippen LogP contribution is 2.30. The topological polar surface area (TPSA) is 101 Å². The molecule has 2 aromatic rings. The highest BCUT2D eigenvalue weighted by Gasteiger charge is 2.24. The number of phenols is 2. The first-order valence-corrected chi connectivity index (χ1v) is 13.4. The Kier molecular flexibility index (Phi) is 10.7. The summed E-state index contributed by atoms with van der Waals surface area (Å²) >= 11 is 1.66. The number of esters is 1. The van der Waals surface area contributed by atoms with Crippen LogP contribution in [0.15, 0.2) is 65.3 Å². The van der Waals surface area contributed by atoms with Gasteiger partial charge in [-0.25, -0.2) is 0 Å². The lowest BCUT2D eigenvalue weighted by molar-refractivity contribution is -0.143. The molecule has 1 unspecified atom stereocenters. The zero-order valence-corrected chi connectivity index (χ0v) is 22.9. The summed E-state index contributed by atoms with van der Waals surface area (Å²) in [6, 6.07) is 10.3. The van der Waals surface area contributed by atoms with E-state index < -0.39 is 0 Å².